The van der Waals surface area contributed by atoms with Crippen LogP contribution in [0.4, 0.5) is 8.78 Å². The van der Waals surface area contributed by atoms with E-state index in [9.17, 15) is 18.7 Å². The van der Waals surface area contributed by atoms with Crippen LogP contribution in [0.1, 0.15) is 31.1 Å². The van der Waals surface area contributed by atoms with E-state index in [2.05, 4.69) is 21.2 Å². The first kappa shape index (κ1) is 16.0. The summed E-state index contributed by atoms with van der Waals surface area (Å²) in [7, 11) is 0. The van der Waals surface area contributed by atoms with Crippen LogP contribution in [-0.2, 0) is 0 Å². The monoisotopic (exact) mass is 335 g/mol. The highest BCUT2D eigenvalue weighted by Gasteiger charge is 2.27. The summed E-state index contributed by atoms with van der Waals surface area (Å²) in [6, 6.07) is 2.02. The van der Waals surface area contributed by atoms with Crippen LogP contribution < -0.4 is 5.32 Å². The lowest BCUT2D eigenvalue weighted by atomic mass is 9.92. The molecule has 0 aliphatic rings. The van der Waals surface area contributed by atoms with E-state index in [4.69, 9.17) is 0 Å². The summed E-state index contributed by atoms with van der Waals surface area (Å²) < 4.78 is 27.3. The van der Waals surface area contributed by atoms with Crippen molar-refractivity contribution in [2.24, 2.45) is 5.92 Å². The van der Waals surface area contributed by atoms with Crippen molar-refractivity contribution in [2.45, 2.75) is 26.4 Å². The summed E-state index contributed by atoms with van der Waals surface area (Å²) in [6.07, 6.45) is 0. The van der Waals surface area contributed by atoms with Gasteiger partial charge in [0.05, 0.1) is 5.60 Å². The molecular weight excluding hydrogens is 320 g/mol. The van der Waals surface area contributed by atoms with E-state index in [1.165, 1.54) is 0 Å². The van der Waals surface area contributed by atoms with Gasteiger partial charge in [-0.05, 0) is 25.0 Å². The van der Waals surface area contributed by atoms with Gasteiger partial charge in [-0.2, -0.15) is 0 Å². The fourth-order valence-corrected chi connectivity index (χ4v) is 1.71. The molecule has 0 bridgehead atoms. The molecule has 0 saturated heterocycles. The average molecular weight is 336 g/mol. The Labute approximate surface area is 119 Å². The molecule has 3 nitrogen and oxygen atoms in total. The second-order valence-electron chi connectivity index (χ2n) is 4.94. The first-order chi connectivity index (χ1) is 8.65. The summed E-state index contributed by atoms with van der Waals surface area (Å²) in [6.45, 7) is 5.03. The number of nitrogens with one attached hydrogen (secondary N) is 1. The Morgan fingerprint density at radius 1 is 1.42 bits per heavy atom. The van der Waals surface area contributed by atoms with Gasteiger partial charge < -0.3 is 10.4 Å². The first-order valence-corrected chi connectivity index (χ1v) is 6.59. The highest BCUT2D eigenvalue weighted by Crippen LogP contribution is 2.20. The molecule has 0 aliphatic carbocycles. The van der Waals surface area contributed by atoms with Crippen LogP contribution in [0.2, 0.25) is 0 Å². The molecule has 0 spiro atoms. The first-order valence-electron chi connectivity index (χ1n) is 5.80. The fourth-order valence-electron chi connectivity index (χ4n) is 1.31. The molecule has 19 heavy (non-hydrogen) atoms. The molecule has 0 radical (unpaired) electrons. The van der Waals surface area contributed by atoms with Crippen LogP contribution in [0.5, 0.6) is 0 Å². The number of aliphatic hydroxyl groups is 1. The Morgan fingerprint density at radius 3 is 2.32 bits per heavy atom. The summed E-state index contributed by atoms with van der Waals surface area (Å²) in [5.74, 6) is -2.89. The van der Waals surface area contributed by atoms with Crippen LogP contribution in [0.25, 0.3) is 0 Å². The molecule has 2 N–H and O–H groups in total. The van der Waals surface area contributed by atoms with Crippen LogP contribution >= 0.6 is 15.9 Å². The van der Waals surface area contributed by atoms with Gasteiger partial charge in [0.15, 0.2) is 0 Å². The molecule has 0 heterocycles. The van der Waals surface area contributed by atoms with Gasteiger partial charge in [0.1, 0.15) is 17.2 Å². The highest BCUT2D eigenvalue weighted by molar-refractivity contribution is 9.10. The highest BCUT2D eigenvalue weighted by atomic mass is 79.9. The van der Waals surface area contributed by atoms with Crippen LogP contribution in [0.15, 0.2) is 16.6 Å². The standard InChI is InChI=1S/C13H16BrF2NO2/c1-7(2)13(3,19)6-17-12(18)11-9(15)4-8(14)5-10(11)16/h4-5,7,19H,6H2,1-3H3,(H,17,18). The fraction of sp³-hybridized carbons (Fsp3) is 0.462. The van der Waals surface area contributed by atoms with E-state index in [1.807, 2.05) is 0 Å². The minimum Gasteiger partial charge on any atom is -0.388 e. The molecule has 0 aliphatic heterocycles. The molecule has 1 rings (SSSR count). The lowest BCUT2D eigenvalue weighted by Crippen LogP contribution is -2.44. The molecule has 0 aromatic heterocycles. The zero-order valence-corrected chi connectivity index (χ0v) is 12.5. The number of carbonyl (C=O) groups excluding carboxylic acids is 1. The molecule has 0 saturated carbocycles. The van der Waals surface area contributed by atoms with Gasteiger partial charge in [0, 0.05) is 11.0 Å². The molecule has 106 valence electrons. The lowest BCUT2D eigenvalue weighted by Gasteiger charge is -2.27. The van der Waals surface area contributed by atoms with Crippen LogP contribution in [0.3, 0.4) is 0 Å². The Kier molecular flexibility index (Phi) is 5.04. The number of carbonyl (C=O) groups is 1. The SMILES string of the molecule is CC(C)C(C)(O)CNC(=O)c1c(F)cc(Br)cc1F. The Morgan fingerprint density at radius 2 is 1.89 bits per heavy atom. The summed E-state index contributed by atoms with van der Waals surface area (Å²) in [4.78, 5) is 11.7. The van der Waals surface area contributed by atoms with Crippen molar-refractivity contribution >= 4 is 21.8 Å². The largest absolute Gasteiger partial charge is 0.388 e. The second kappa shape index (κ2) is 5.96. The van der Waals surface area contributed by atoms with E-state index in [0.717, 1.165) is 12.1 Å². The molecule has 1 unspecified atom stereocenters. The number of amides is 1. The third kappa shape index (κ3) is 3.98. The van der Waals surface area contributed by atoms with Crippen molar-refractivity contribution in [3.05, 3.63) is 33.8 Å². The molecule has 1 amide bonds. The van der Waals surface area contributed by atoms with Gasteiger partial charge in [-0.1, -0.05) is 29.8 Å². The minimum atomic E-state index is -1.14. The average Bonchev–Trinajstić information content (AvgIpc) is 2.24. The topological polar surface area (TPSA) is 49.3 Å². The molecular formula is C13H16BrF2NO2. The van der Waals surface area contributed by atoms with E-state index < -0.39 is 28.7 Å². The van der Waals surface area contributed by atoms with E-state index in [-0.39, 0.29) is 16.9 Å². The molecule has 1 aromatic rings. The zero-order valence-electron chi connectivity index (χ0n) is 10.9. The van der Waals surface area contributed by atoms with E-state index >= 15 is 0 Å². The maximum absolute atomic E-state index is 13.5. The van der Waals surface area contributed by atoms with E-state index in [0.29, 0.717) is 0 Å². The third-order valence-corrected chi connectivity index (χ3v) is 3.54. The minimum absolute atomic E-state index is 0.0849. The van der Waals surface area contributed by atoms with Crippen LogP contribution in [0, 0.1) is 17.6 Å². The summed E-state index contributed by atoms with van der Waals surface area (Å²) >= 11 is 2.93. The van der Waals surface area contributed by atoms with Gasteiger partial charge in [-0.25, -0.2) is 8.78 Å². The summed E-state index contributed by atoms with van der Waals surface area (Å²) in [5.41, 5.74) is -1.79. The quantitative estimate of drug-likeness (QED) is 0.888. The van der Waals surface area contributed by atoms with Gasteiger partial charge in [-0.3, -0.25) is 4.79 Å². The van der Waals surface area contributed by atoms with E-state index in [1.54, 1.807) is 20.8 Å². The lowest BCUT2D eigenvalue weighted by molar-refractivity contribution is 0.0141. The molecule has 6 heteroatoms. The molecule has 0 fully saturated rings. The molecule has 1 atom stereocenters. The van der Waals surface area contributed by atoms with Crippen molar-refractivity contribution in [3.63, 3.8) is 0 Å². The maximum atomic E-state index is 13.5. The van der Waals surface area contributed by atoms with Crippen molar-refractivity contribution < 1.29 is 18.7 Å². The number of benzene rings is 1. The van der Waals surface area contributed by atoms with Gasteiger partial charge in [0.25, 0.3) is 5.91 Å². The van der Waals surface area contributed by atoms with Crippen molar-refractivity contribution in [1.82, 2.24) is 5.32 Å². The number of rotatable bonds is 4. The normalized spacial score (nSPS) is 14.3. The maximum Gasteiger partial charge on any atom is 0.257 e. The van der Waals surface area contributed by atoms with Crippen molar-refractivity contribution in [1.29, 1.82) is 0 Å². The number of hydrogen-bond acceptors (Lipinski definition) is 2. The smallest absolute Gasteiger partial charge is 0.257 e. The predicted molar refractivity (Wildman–Crippen MR) is 71.9 cm³/mol. The summed E-state index contributed by atoms with van der Waals surface area (Å²) in [5, 5.41) is 12.3. The molecule has 1 aromatic carbocycles. The van der Waals surface area contributed by atoms with Crippen molar-refractivity contribution in [3.8, 4) is 0 Å². The van der Waals surface area contributed by atoms with Crippen molar-refractivity contribution in [2.75, 3.05) is 6.54 Å². The zero-order chi connectivity index (χ0) is 14.8. The van der Waals surface area contributed by atoms with Gasteiger partial charge in [0.2, 0.25) is 0 Å². The second-order valence-corrected chi connectivity index (χ2v) is 5.85. The van der Waals surface area contributed by atoms with Gasteiger partial charge >= 0.3 is 0 Å². The van der Waals surface area contributed by atoms with Gasteiger partial charge in [-0.15, -0.1) is 0 Å². The van der Waals surface area contributed by atoms with Crippen LogP contribution in [-0.4, -0.2) is 23.2 Å². The predicted octanol–water partition coefficient (Wildman–Crippen LogP) is 2.86. The number of halogens is 3. The Hall–Kier alpha value is -1.01. The Bertz CT molecular complexity index is 467. The third-order valence-electron chi connectivity index (χ3n) is 3.08. The Balaban J connectivity index is 2.86. The number of hydrogen-bond donors (Lipinski definition) is 2.